The van der Waals surface area contributed by atoms with Crippen molar-refractivity contribution in [1.29, 1.82) is 0 Å². The second kappa shape index (κ2) is 6.26. The van der Waals surface area contributed by atoms with Gasteiger partial charge < -0.3 is 4.42 Å². The molecule has 0 spiro atoms. The van der Waals surface area contributed by atoms with Gasteiger partial charge >= 0.3 is 0 Å². The van der Waals surface area contributed by atoms with E-state index in [1.165, 1.54) is 0 Å². The van der Waals surface area contributed by atoms with Crippen LogP contribution in [0.1, 0.15) is 11.4 Å². The quantitative estimate of drug-likeness (QED) is 0.364. The number of pyridine rings is 2. The predicted molar refractivity (Wildman–Crippen MR) is 119 cm³/mol. The molecule has 0 aliphatic carbocycles. The highest BCUT2D eigenvalue weighted by molar-refractivity contribution is 6.09. The largest absolute Gasteiger partial charge is 0.437 e. The molecule has 0 fully saturated rings. The van der Waals surface area contributed by atoms with Crippen molar-refractivity contribution in [2.24, 2.45) is 0 Å². The third kappa shape index (κ3) is 2.38. The lowest BCUT2D eigenvalue weighted by Gasteiger charge is -2.10. The highest BCUT2D eigenvalue weighted by Crippen LogP contribution is 2.37. The zero-order chi connectivity index (χ0) is 20.2. The number of benzene rings is 2. The molecule has 6 aromatic rings. The van der Waals surface area contributed by atoms with Gasteiger partial charge in [-0.15, -0.1) is 0 Å². The van der Waals surface area contributed by atoms with Crippen molar-refractivity contribution in [3.63, 3.8) is 0 Å². The number of aryl methyl sites for hydroxylation is 2. The van der Waals surface area contributed by atoms with Crippen LogP contribution in [0.3, 0.4) is 0 Å². The van der Waals surface area contributed by atoms with E-state index in [1.54, 1.807) is 0 Å². The number of fused-ring (bicyclic) bond motifs is 4. The topological polar surface area (TPSA) is 56.7 Å². The predicted octanol–water partition coefficient (Wildman–Crippen LogP) is 6.00. The van der Waals surface area contributed by atoms with Crippen molar-refractivity contribution in [2.75, 3.05) is 0 Å². The van der Waals surface area contributed by atoms with Crippen molar-refractivity contribution in [3.05, 3.63) is 84.3 Å². The molecule has 0 saturated heterocycles. The standard InChI is InChI=1S/C25H18N4O/c1-15-12-13-18-22-16(2)26-14-19(23(22)30-25(18)27-15)24-28-20-10-6-7-11-21(20)29(24)17-8-4-3-5-9-17/h3-14H,1-2H3. The fourth-order valence-corrected chi connectivity index (χ4v) is 4.11. The van der Waals surface area contributed by atoms with Crippen LogP contribution in [0.5, 0.6) is 0 Å². The molecule has 0 atom stereocenters. The second-order valence-corrected chi connectivity index (χ2v) is 7.46. The molecule has 0 N–H and O–H groups in total. The number of aromatic nitrogens is 4. The molecule has 4 heterocycles. The van der Waals surface area contributed by atoms with Gasteiger partial charge in [-0.3, -0.25) is 9.55 Å². The Labute approximate surface area is 172 Å². The molecule has 30 heavy (non-hydrogen) atoms. The smallest absolute Gasteiger partial charge is 0.227 e. The summed E-state index contributed by atoms with van der Waals surface area (Å²) in [5, 5.41) is 1.96. The molecular weight excluding hydrogens is 372 g/mol. The lowest BCUT2D eigenvalue weighted by Crippen LogP contribution is -1.98. The Morgan fingerprint density at radius 2 is 1.63 bits per heavy atom. The molecule has 0 saturated carbocycles. The second-order valence-electron chi connectivity index (χ2n) is 7.46. The summed E-state index contributed by atoms with van der Waals surface area (Å²) in [6, 6.07) is 22.5. The minimum Gasteiger partial charge on any atom is -0.437 e. The van der Waals surface area contributed by atoms with Gasteiger partial charge in [0.25, 0.3) is 0 Å². The average molecular weight is 390 g/mol. The van der Waals surface area contributed by atoms with Crippen LogP contribution in [-0.4, -0.2) is 19.5 Å². The number of imidazole rings is 1. The Balaban J connectivity index is 1.75. The van der Waals surface area contributed by atoms with Crippen molar-refractivity contribution in [3.8, 4) is 17.1 Å². The Morgan fingerprint density at radius 1 is 0.833 bits per heavy atom. The lowest BCUT2D eigenvalue weighted by atomic mass is 10.1. The maximum Gasteiger partial charge on any atom is 0.227 e. The molecular formula is C25H18N4O. The first-order valence-corrected chi connectivity index (χ1v) is 9.89. The third-order valence-corrected chi connectivity index (χ3v) is 5.50. The van der Waals surface area contributed by atoms with Gasteiger partial charge in [-0.25, -0.2) is 9.97 Å². The van der Waals surface area contributed by atoms with Gasteiger partial charge in [0.15, 0.2) is 11.4 Å². The molecule has 0 unspecified atom stereocenters. The van der Waals surface area contributed by atoms with Crippen molar-refractivity contribution in [1.82, 2.24) is 19.5 Å². The van der Waals surface area contributed by atoms with Gasteiger partial charge in [-0.1, -0.05) is 30.3 Å². The van der Waals surface area contributed by atoms with Crippen LogP contribution in [0, 0.1) is 13.8 Å². The summed E-state index contributed by atoms with van der Waals surface area (Å²) in [6.45, 7) is 3.97. The number of nitrogens with zero attached hydrogens (tertiary/aromatic N) is 4. The van der Waals surface area contributed by atoms with Crippen LogP contribution in [-0.2, 0) is 0 Å². The minimum atomic E-state index is 0.629. The summed E-state index contributed by atoms with van der Waals surface area (Å²) in [5.74, 6) is 0.802. The van der Waals surface area contributed by atoms with Gasteiger partial charge in [0.05, 0.1) is 27.4 Å². The van der Waals surface area contributed by atoms with Crippen molar-refractivity contribution in [2.45, 2.75) is 13.8 Å². The van der Waals surface area contributed by atoms with Crippen LogP contribution in [0.25, 0.3) is 50.2 Å². The normalized spacial score (nSPS) is 11.7. The molecule has 5 nitrogen and oxygen atoms in total. The van der Waals surface area contributed by atoms with E-state index in [0.717, 1.165) is 55.9 Å². The maximum atomic E-state index is 6.28. The summed E-state index contributed by atoms with van der Waals surface area (Å²) in [7, 11) is 0. The van der Waals surface area contributed by atoms with Crippen LogP contribution >= 0.6 is 0 Å². The molecule has 2 aromatic carbocycles. The number of furan rings is 1. The fourth-order valence-electron chi connectivity index (χ4n) is 4.11. The zero-order valence-corrected chi connectivity index (χ0v) is 16.6. The fraction of sp³-hybridized carbons (Fsp3) is 0.0800. The Kier molecular flexibility index (Phi) is 3.53. The summed E-state index contributed by atoms with van der Waals surface area (Å²) in [6.07, 6.45) is 1.85. The van der Waals surface area contributed by atoms with Gasteiger partial charge in [0, 0.05) is 23.3 Å². The zero-order valence-electron chi connectivity index (χ0n) is 16.6. The highest BCUT2D eigenvalue weighted by atomic mass is 16.3. The SMILES string of the molecule is Cc1ccc2c(n1)oc1c(-c3nc4ccccc4n3-c3ccccc3)cnc(C)c12. The van der Waals surface area contributed by atoms with E-state index in [0.29, 0.717) is 5.71 Å². The number of rotatable bonds is 2. The van der Waals surface area contributed by atoms with Crippen molar-refractivity contribution >= 4 is 33.1 Å². The van der Waals surface area contributed by atoms with Gasteiger partial charge in [0.1, 0.15) is 0 Å². The molecule has 4 aromatic heterocycles. The van der Waals surface area contributed by atoms with Crippen LogP contribution < -0.4 is 0 Å². The first-order chi connectivity index (χ1) is 14.7. The van der Waals surface area contributed by atoms with E-state index < -0.39 is 0 Å². The summed E-state index contributed by atoms with van der Waals surface area (Å²) in [5.41, 5.74) is 7.09. The van der Waals surface area contributed by atoms with Crippen LogP contribution in [0.2, 0.25) is 0 Å². The monoisotopic (exact) mass is 390 g/mol. The summed E-state index contributed by atoms with van der Waals surface area (Å²) < 4.78 is 8.44. The summed E-state index contributed by atoms with van der Waals surface area (Å²) in [4.78, 5) is 14.3. The minimum absolute atomic E-state index is 0.629. The number of hydrogen-bond donors (Lipinski definition) is 0. The molecule has 0 aliphatic heterocycles. The number of para-hydroxylation sites is 3. The van der Waals surface area contributed by atoms with Crippen molar-refractivity contribution < 1.29 is 4.42 Å². The molecule has 0 bridgehead atoms. The van der Waals surface area contributed by atoms with Gasteiger partial charge in [0.2, 0.25) is 5.71 Å². The highest BCUT2D eigenvalue weighted by Gasteiger charge is 2.21. The molecule has 144 valence electrons. The van der Waals surface area contributed by atoms with E-state index in [4.69, 9.17) is 14.4 Å². The van der Waals surface area contributed by atoms with E-state index in [-0.39, 0.29) is 0 Å². The van der Waals surface area contributed by atoms with E-state index in [9.17, 15) is 0 Å². The maximum absolute atomic E-state index is 6.28. The Morgan fingerprint density at radius 3 is 2.50 bits per heavy atom. The summed E-state index contributed by atoms with van der Waals surface area (Å²) >= 11 is 0. The Bertz CT molecular complexity index is 1560. The van der Waals surface area contributed by atoms with E-state index >= 15 is 0 Å². The van der Waals surface area contributed by atoms with Crippen LogP contribution in [0.15, 0.2) is 77.3 Å². The lowest BCUT2D eigenvalue weighted by molar-refractivity contribution is 0.652. The first-order valence-electron chi connectivity index (χ1n) is 9.89. The molecule has 0 aliphatic rings. The molecule has 0 radical (unpaired) electrons. The Hall–Kier alpha value is -3.99. The first kappa shape index (κ1) is 16.9. The number of hydrogen-bond acceptors (Lipinski definition) is 4. The van der Waals surface area contributed by atoms with Crippen LogP contribution in [0.4, 0.5) is 0 Å². The van der Waals surface area contributed by atoms with Gasteiger partial charge in [-0.05, 0) is 50.2 Å². The molecule has 6 rings (SSSR count). The van der Waals surface area contributed by atoms with E-state index in [1.807, 2.05) is 62.5 Å². The van der Waals surface area contributed by atoms with E-state index in [2.05, 4.69) is 33.8 Å². The molecule has 5 heteroatoms. The molecule has 0 amide bonds. The third-order valence-electron chi connectivity index (χ3n) is 5.50. The van der Waals surface area contributed by atoms with Gasteiger partial charge in [-0.2, -0.15) is 0 Å². The average Bonchev–Trinajstić information content (AvgIpc) is 3.33.